The zero-order valence-corrected chi connectivity index (χ0v) is 15.3. The Morgan fingerprint density at radius 1 is 1.12 bits per heavy atom. The molecule has 0 saturated carbocycles. The van der Waals surface area contributed by atoms with Gasteiger partial charge in [0.15, 0.2) is 11.8 Å². The molecule has 0 amide bonds. The third kappa shape index (κ3) is 5.07. The lowest BCUT2D eigenvalue weighted by atomic mass is 10.1. The molecule has 26 heavy (non-hydrogen) atoms. The van der Waals surface area contributed by atoms with Crippen LogP contribution in [0, 0.1) is 0 Å². The van der Waals surface area contributed by atoms with Gasteiger partial charge in [0.05, 0.1) is 6.54 Å². The van der Waals surface area contributed by atoms with Crippen molar-refractivity contribution in [1.82, 2.24) is 25.8 Å². The molecule has 0 aliphatic rings. The van der Waals surface area contributed by atoms with Crippen LogP contribution in [0.5, 0.6) is 0 Å². The Kier molecular flexibility index (Phi) is 6.22. The average Bonchev–Trinajstić information content (AvgIpc) is 3.19. The molecule has 0 spiro atoms. The third-order valence-electron chi connectivity index (χ3n) is 3.73. The van der Waals surface area contributed by atoms with Gasteiger partial charge >= 0.3 is 0 Å². The Labute approximate surface area is 157 Å². The number of aromatic amines is 1. The van der Waals surface area contributed by atoms with Crippen LogP contribution in [0.4, 0.5) is 0 Å². The van der Waals surface area contributed by atoms with Gasteiger partial charge < -0.3 is 10.6 Å². The van der Waals surface area contributed by atoms with Crippen molar-refractivity contribution in [3.63, 3.8) is 0 Å². The summed E-state index contributed by atoms with van der Waals surface area (Å²) in [7, 11) is 0. The van der Waals surface area contributed by atoms with Crippen molar-refractivity contribution in [3.8, 4) is 11.4 Å². The lowest BCUT2D eigenvalue weighted by molar-refractivity contribution is 0.816. The number of aliphatic imine (C=N–C) groups is 1. The second kappa shape index (κ2) is 9.01. The maximum atomic E-state index is 6.03. The first-order valence-corrected chi connectivity index (χ1v) is 8.83. The van der Waals surface area contributed by atoms with E-state index in [9.17, 15) is 0 Å². The summed E-state index contributed by atoms with van der Waals surface area (Å²) in [5.41, 5.74) is 3.21. The Bertz CT molecular complexity index is 860. The number of hydrogen-bond donors (Lipinski definition) is 3. The second-order valence-corrected chi connectivity index (χ2v) is 6.15. The van der Waals surface area contributed by atoms with Gasteiger partial charge in [-0.25, -0.2) is 9.98 Å². The molecule has 0 aliphatic carbocycles. The van der Waals surface area contributed by atoms with Crippen LogP contribution in [-0.4, -0.2) is 27.7 Å². The van der Waals surface area contributed by atoms with Crippen LogP contribution in [0.1, 0.15) is 18.1 Å². The number of benzene rings is 2. The van der Waals surface area contributed by atoms with E-state index in [0.29, 0.717) is 13.1 Å². The van der Waals surface area contributed by atoms with Gasteiger partial charge in [0.1, 0.15) is 6.33 Å². The maximum Gasteiger partial charge on any atom is 0.191 e. The van der Waals surface area contributed by atoms with E-state index in [1.54, 1.807) is 0 Å². The normalized spacial score (nSPS) is 11.4. The van der Waals surface area contributed by atoms with Crippen molar-refractivity contribution in [2.24, 2.45) is 4.99 Å². The monoisotopic (exact) mass is 368 g/mol. The van der Waals surface area contributed by atoms with Crippen molar-refractivity contribution in [1.29, 1.82) is 0 Å². The van der Waals surface area contributed by atoms with Crippen LogP contribution in [0.3, 0.4) is 0 Å². The summed E-state index contributed by atoms with van der Waals surface area (Å²) in [5, 5.41) is 14.1. The van der Waals surface area contributed by atoms with Crippen LogP contribution in [0.25, 0.3) is 11.4 Å². The topological polar surface area (TPSA) is 78.0 Å². The van der Waals surface area contributed by atoms with Crippen LogP contribution < -0.4 is 10.6 Å². The number of guanidine groups is 1. The fraction of sp³-hybridized carbons (Fsp3) is 0.211. The van der Waals surface area contributed by atoms with Crippen molar-refractivity contribution in [3.05, 3.63) is 71.0 Å². The molecule has 0 bridgehead atoms. The van der Waals surface area contributed by atoms with Gasteiger partial charge in [-0.05, 0) is 36.2 Å². The predicted molar refractivity (Wildman–Crippen MR) is 105 cm³/mol. The molecule has 0 aliphatic heterocycles. The molecule has 1 aromatic heterocycles. The molecule has 3 aromatic rings. The van der Waals surface area contributed by atoms with Gasteiger partial charge in [0.2, 0.25) is 0 Å². The zero-order chi connectivity index (χ0) is 18.2. The fourth-order valence-electron chi connectivity index (χ4n) is 2.51. The first-order valence-electron chi connectivity index (χ1n) is 8.46. The molecule has 0 saturated heterocycles. The quantitative estimate of drug-likeness (QED) is 0.460. The first kappa shape index (κ1) is 17.9. The predicted octanol–water partition coefficient (Wildman–Crippen LogP) is 3.38. The molecule has 0 unspecified atom stereocenters. The standard InChI is InChI=1S/C19H21ClN6/c1-2-21-19(23-12-15-6-4-8-17(20)10-15)22-11-14-5-3-7-16(9-14)18-24-13-25-26-18/h3-10,13H,2,11-12H2,1H3,(H2,21,22,23)(H,24,25,26). The highest BCUT2D eigenvalue weighted by Crippen LogP contribution is 2.15. The maximum absolute atomic E-state index is 6.03. The lowest BCUT2D eigenvalue weighted by Gasteiger charge is -2.12. The molecule has 2 aromatic carbocycles. The van der Waals surface area contributed by atoms with Crippen LogP contribution in [0.2, 0.25) is 5.02 Å². The Morgan fingerprint density at radius 3 is 2.73 bits per heavy atom. The van der Waals surface area contributed by atoms with Crippen LogP contribution in [0.15, 0.2) is 59.9 Å². The molecule has 0 radical (unpaired) electrons. The molecular formula is C19H21ClN6. The number of nitrogens with zero attached hydrogens (tertiary/aromatic N) is 3. The molecule has 0 atom stereocenters. The molecule has 3 N–H and O–H groups in total. The Balaban J connectivity index is 1.65. The summed E-state index contributed by atoms with van der Waals surface area (Å²) < 4.78 is 0. The van der Waals surface area contributed by atoms with E-state index < -0.39 is 0 Å². The number of halogens is 1. The first-order chi connectivity index (χ1) is 12.7. The molecule has 0 fully saturated rings. The average molecular weight is 369 g/mol. The van der Waals surface area contributed by atoms with Gasteiger partial charge in [0.25, 0.3) is 0 Å². The van der Waals surface area contributed by atoms with Crippen LogP contribution in [-0.2, 0) is 13.1 Å². The zero-order valence-electron chi connectivity index (χ0n) is 14.5. The number of aromatic nitrogens is 3. The minimum absolute atomic E-state index is 0.563. The van der Waals surface area contributed by atoms with Crippen molar-refractivity contribution >= 4 is 17.6 Å². The minimum atomic E-state index is 0.563. The van der Waals surface area contributed by atoms with E-state index in [1.807, 2.05) is 43.3 Å². The molecule has 7 heteroatoms. The number of H-pyrrole nitrogens is 1. The SMILES string of the molecule is CCNC(=NCc1cccc(Cl)c1)NCc1cccc(-c2ncn[nH]2)c1. The van der Waals surface area contributed by atoms with Gasteiger partial charge in [-0.3, -0.25) is 5.10 Å². The largest absolute Gasteiger partial charge is 0.357 e. The van der Waals surface area contributed by atoms with Gasteiger partial charge in [-0.15, -0.1) is 0 Å². The fourth-order valence-corrected chi connectivity index (χ4v) is 2.72. The third-order valence-corrected chi connectivity index (χ3v) is 3.96. The molecule has 1 heterocycles. The molecule has 134 valence electrons. The Morgan fingerprint density at radius 2 is 1.96 bits per heavy atom. The molecular weight excluding hydrogens is 348 g/mol. The summed E-state index contributed by atoms with van der Waals surface area (Å²) in [5.74, 6) is 1.52. The van der Waals surface area contributed by atoms with Gasteiger partial charge in [-0.2, -0.15) is 5.10 Å². The van der Waals surface area contributed by atoms with Crippen molar-refractivity contribution < 1.29 is 0 Å². The summed E-state index contributed by atoms with van der Waals surface area (Å²) in [4.78, 5) is 8.81. The second-order valence-electron chi connectivity index (χ2n) is 5.71. The van der Waals surface area contributed by atoms with E-state index in [-0.39, 0.29) is 0 Å². The van der Waals surface area contributed by atoms with Crippen LogP contribution >= 0.6 is 11.6 Å². The van der Waals surface area contributed by atoms with Crippen molar-refractivity contribution in [2.75, 3.05) is 6.54 Å². The molecule has 3 rings (SSSR count). The highest BCUT2D eigenvalue weighted by atomic mass is 35.5. The van der Waals surface area contributed by atoms with Gasteiger partial charge in [0, 0.05) is 23.7 Å². The summed E-state index contributed by atoms with van der Waals surface area (Å²) in [6.45, 7) is 4.05. The van der Waals surface area contributed by atoms with E-state index in [2.05, 4.69) is 42.9 Å². The highest BCUT2D eigenvalue weighted by molar-refractivity contribution is 6.30. The van der Waals surface area contributed by atoms with E-state index in [1.165, 1.54) is 6.33 Å². The smallest absolute Gasteiger partial charge is 0.191 e. The number of rotatable bonds is 6. The Hall–Kier alpha value is -2.86. The van der Waals surface area contributed by atoms with E-state index >= 15 is 0 Å². The highest BCUT2D eigenvalue weighted by Gasteiger charge is 2.03. The number of nitrogens with one attached hydrogen (secondary N) is 3. The number of hydrogen-bond acceptors (Lipinski definition) is 3. The van der Waals surface area contributed by atoms with E-state index in [0.717, 1.165) is 40.0 Å². The van der Waals surface area contributed by atoms with Crippen molar-refractivity contribution in [2.45, 2.75) is 20.0 Å². The molecule has 6 nitrogen and oxygen atoms in total. The summed E-state index contributed by atoms with van der Waals surface area (Å²) in [6, 6.07) is 15.9. The minimum Gasteiger partial charge on any atom is -0.357 e. The lowest BCUT2D eigenvalue weighted by Crippen LogP contribution is -2.36. The summed E-state index contributed by atoms with van der Waals surface area (Å²) >= 11 is 6.03. The van der Waals surface area contributed by atoms with E-state index in [4.69, 9.17) is 11.6 Å². The summed E-state index contributed by atoms with van der Waals surface area (Å²) in [6.07, 6.45) is 1.51. The van der Waals surface area contributed by atoms with Gasteiger partial charge in [-0.1, -0.05) is 41.9 Å².